The lowest BCUT2D eigenvalue weighted by Gasteiger charge is -2.18. The van der Waals surface area contributed by atoms with Crippen LogP contribution >= 0.6 is 11.6 Å². The van der Waals surface area contributed by atoms with Crippen LogP contribution in [0.1, 0.15) is 20.8 Å². The van der Waals surface area contributed by atoms with Gasteiger partial charge >= 0.3 is 0 Å². The number of anilines is 1. The number of halogens is 1. The van der Waals surface area contributed by atoms with E-state index in [1.807, 2.05) is 0 Å². The maximum atomic E-state index is 11.6. The van der Waals surface area contributed by atoms with Crippen LogP contribution in [0.25, 0.3) is 0 Å². The van der Waals surface area contributed by atoms with Crippen molar-refractivity contribution in [2.45, 2.75) is 20.8 Å². The van der Waals surface area contributed by atoms with E-state index in [-0.39, 0.29) is 11.3 Å². The number of hydrogen-bond acceptors (Lipinski definition) is 2. The first-order valence-electron chi connectivity index (χ1n) is 5.63. The second kappa shape index (κ2) is 6.03. The van der Waals surface area contributed by atoms with E-state index < -0.39 is 0 Å². The van der Waals surface area contributed by atoms with Crippen molar-refractivity contribution in [3.05, 3.63) is 29.3 Å². The van der Waals surface area contributed by atoms with E-state index in [4.69, 9.17) is 11.6 Å². The second-order valence-electron chi connectivity index (χ2n) is 5.22. The fourth-order valence-electron chi connectivity index (χ4n) is 1.29. The normalized spacial score (nSPS) is 11.3. The summed E-state index contributed by atoms with van der Waals surface area (Å²) in [4.78, 5) is 11.6. The van der Waals surface area contributed by atoms with Gasteiger partial charge in [0.25, 0.3) is 0 Å². The standard InChI is InChI=1S/C13H19ClN2O/c1-13(2,3)9-15-8-12(17)16-11-6-4-10(14)5-7-11/h4-7,15H,8-9H2,1-3H3,(H,16,17). The molecule has 0 fully saturated rings. The molecule has 4 heteroatoms. The first kappa shape index (κ1) is 14.0. The average molecular weight is 255 g/mol. The molecule has 1 rings (SSSR count). The summed E-state index contributed by atoms with van der Waals surface area (Å²) in [5.41, 5.74) is 0.942. The summed E-state index contributed by atoms with van der Waals surface area (Å²) in [7, 11) is 0. The first-order valence-corrected chi connectivity index (χ1v) is 6.01. The summed E-state index contributed by atoms with van der Waals surface area (Å²) in [6.45, 7) is 7.49. The Labute approximate surface area is 108 Å². The van der Waals surface area contributed by atoms with Gasteiger partial charge in [-0.25, -0.2) is 0 Å². The van der Waals surface area contributed by atoms with Gasteiger partial charge in [-0.15, -0.1) is 0 Å². The quantitative estimate of drug-likeness (QED) is 0.868. The van der Waals surface area contributed by atoms with Crippen LogP contribution in [-0.2, 0) is 4.79 Å². The molecule has 1 aromatic rings. The van der Waals surface area contributed by atoms with Gasteiger partial charge in [-0.2, -0.15) is 0 Å². The van der Waals surface area contributed by atoms with Crippen LogP contribution in [-0.4, -0.2) is 19.0 Å². The van der Waals surface area contributed by atoms with Crippen LogP contribution < -0.4 is 10.6 Å². The lowest BCUT2D eigenvalue weighted by Crippen LogP contribution is -2.33. The number of nitrogens with one attached hydrogen (secondary N) is 2. The van der Waals surface area contributed by atoms with Gasteiger partial charge in [0.1, 0.15) is 0 Å². The minimum absolute atomic E-state index is 0.0448. The first-order chi connectivity index (χ1) is 7.87. The van der Waals surface area contributed by atoms with E-state index in [2.05, 4.69) is 31.4 Å². The van der Waals surface area contributed by atoms with E-state index in [1.54, 1.807) is 24.3 Å². The molecule has 0 radical (unpaired) electrons. The Morgan fingerprint density at radius 3 is 2.35 bits per heavy atom. The maximum absolute atomic E-state index is 11.6. The molecular formula is C13H19ClN2O. The van der Waals surface area contributed by atoms with Gasteiger partial charge in [0.05, 0.1) is 6.54 Å². The van der Waals surface area contributed by atoms with Crippen molar-refractivity contribution in [2.24, 2.45) is 5.41 Å². The van der Waals surface area contributed by atoms with E-state index in [1.165, 1.54) is 0 Å². The highest BCUT2D eigenvalue weighted by atomic mass is 35.5. The van der Waals surface area contributed by atoms with Gasteiger partial charge in [-0.1, -0.05) is 32.4 Å². The maximum Gasteiger partial charge on any atom is 0.238 e. The fraction of sp³-hybridized carbons (Fsp3) is 0.462. The fourth-order valence-corrected chi connectivity index (χ4v) is 1.42. The molecule has 0 aliphatic heterocycles. The Bertz CT molecular complexity index is 368. The SMILES string of the molecule is CC(C)(C)CNCC(=O)Nc1ccc(Cl)cc1. The molecule has 94 valence electrons. The van der Waals surface area contributed by atoms with Crippen molar-refractivity contribution in [1.29, 1.82) is 0 Å². The highest BCUT2D eigenvalue weighted by Crippen LogP contribution is 2.13. The topological polar surface area (TPSA) is 41.1 Å². The summed E-state index contributed by atoms with van der Waals surface area (Å²) < 4.78 is 0. The number of rotatable bonds is 4. The highest BCUT2D eigenvalue weighted by molar-refractivity contribution is 6.30. The number of carbonyl (C=O) groups is 1. The van der Waals surface area contributed by atoms with E-state index in [9.17, 15) is 4.79 Å². The van der Waals surface area contributed by atoms with Crippen molar-refractivity contribution in [2.75, 3.05) is 18.4 Å². The minimum Gasteiger partial charge on any atom is -0.325 e. The molecule has 0 heterocycles. The number of carbonyl (C=O) groups excluding carboxylic acids is 1. The zero-order valence-electron chi connectivity index (χ0n) is 10.5. The van der Waals surface area contributed by atoms with Crippen LogP contribution in [0.3, 0.4) is 0 Å². The molecule has 0 spiro atoms. The molecule has 1 aromatic carbocycles. The van der Waals surface area contributed by atoms with Crippen molar-refractivity contribution in [3.8, 4) is 0 Å². The molecule has 0 saturated carbocycles. The number of benzene rings is 1. The molecule has 0 unspecified atom stereocenters. The molecule has 17 heavy (non-hydrogen) atoms. The van der Waals surface area contributed by atoms with Crippen LogP contribution in [0.4, 0.5) is 5.69 Å². The van der Waals surface area contributed by atoms with Crippen LogP contribution in [0.2, 0.25) is 5.02 Å². The average Bonchev–Trinajstić information content (AvgIpc) is 2.19. The zero-order chi connectivity index (χ0) is 12.9. The van der Waals surface area contributed by atoms with Crippen LogP contribution in [0.15, 0.2) is 24.3 Å². The van der Waals surface area contributed by atoms with Gasteiger partial charge < -0.3 is 10.6 Å². The van der Waals surface area contributed by atoms with E-state index in [0.717, 1.165) is 12.2 Å². The molecule has 0 aromatic heterocycles. The second-order valence-corrected chi connectivity index (χ2v) is 5.66. The van der Waals surface area contributed by atoms with Gasteiger partial charge in [0.15, 0.2) is 0 Å². The van der Waals surface area contributed by atoms with Gasteiger partial charge in [-0.05, 0) is 29.7 Å². The Morgan fingerprint density at radius 1 is 1.24 bits per heavy atom. The van der Waals surface area contributed by atoms with Crippen molar-refractivity contribution < 1.29 is 4.79 Å². The Balaban J connectivity index is 2.32. The predicted octanol–water partition coefficient (Wildman–Crippen LogP) is 2.91. The number of hydrogen-bond donors (Lipinski definition) is 2. The van der Waals surface area contributed by atoms with Gasteiger partial charge in [-0.3, -0.25) is 4.79 Å². The lowest BCUT2D eigenvalue weighted by molar-refractivity contribution is -0.115. The Kier molecular flexibility index (Phi) is 4.97. The van der Waals surface area contributed by atoms with E-state index >= 15 is 0 Å². The highest BCUT2D eigenvalue weighted by Gasteiger charge is 2.10. The third-order valence-corrected chi connectivity index (χ3v) is 2.32. The Hall–Kier alpha value is -1.06. The zero-order valence-corrected chi connectivity index (χ0v) is 11.3. The third kappa shape index (κ3) is 6.29. The Morgan fingerprint density at radius 2 is 1.82 bits per heavy atom. The third-order valence-electron chi connectivity index (χ3n) is 2.07. The van der Waals surface area contributed by atoms with E-state index in [0.29, 0.717) is 11.6 Å². The summed E-state index contributed by atoms with van der Waals surface area (Å²) in [6.07, 6.45) is 0. The predicted molar refractivity (Wildman–Crippen MR) is 72.4 cm³/mol. The summed E-state index contributed by atoms with van der Waals surface area (Å²) in [5.74, 6) is -0.0448. The molecule has 0 bridgehead atoms. The number of amides is 1. The van der Waals surface area contributed by atoms with Crippen LogP contribution in [0, 0.1) is 5.41 Å². The molecule has 0 atom stereocenters. The molecule has 2 N–H and O–H groups in total. The molecular weight excluding hydrogens is 236 g/mol. The molecule has 0 aliphatic rings. The smallest absolute Gasteiger partial charge is 0.238 e. The van der Waals surface area contributed by atoms with Crippen molar-refractivity contribution >= 4 is 23.2 Å². The monoisotopic (exact) mass is 254 g/mol. The van der Waals surface area contributed by atoms with Crippen molar-refractivity contribution in [3.63, 3.8) is 0 Å². The minimum atomic E-state index is -0.0448. The summed E-state index contributed by atoms with van der Waals surface area (Å²) >= 11 is 5.76. The van der Waals surface area contributed by atoms with Crippen molar-refractivity contribution in [1.82, 2.24) is 5.32 Å². The molecule has 0 aliphatic carbocycles. The molecule has 3 nitrogen and oxygen atoms in total. The van der Waals surface area contributed by atoms with Gasteiger partial charge in [0, 0.05) is 17.3 Å². The largest absolute Gasteiger partial charge is 0.325 e. The van der Waals surface area contributed by atoms with Crippen LogP contribution in [0.5, 0.6) is 0 Å². The van der Waals surface area contributed by atoms with Gasteiger partial charge in [0.2, 0.25) is 5.91 Å². The molecule has 1 amide bonds. The summed E-state index contributed by atoms with van der Waals surface area (Å²) in [6, 6.07) is 7.06. The summed E-state index contributed by atoms with van der Waals surface area (Å²) in [5, 5.41) is 6.57. The molecule has 0 saturated heterocycles. The lowest BCUT2D eigenvalue weighted by atomic mass is 9.97.